The van der Waals surface area contributed by atoms with Crippen LogP contribution in [0.1, 0.15) is 19.8 Å². The number of nitrogens with zero attached hydrogens (tertiary/aromatic N) is 3. The molecule has 0 aromatic rings. The number of ether oxygens (including phenoxy) is 1. The van der Waals surface area contributed by atoms with Crippen LogP contribution in [0.3, 0.4) is 0 Å². The van der Waals surface area contributed by atoms with Gasteiger partial charge in [0.05, 0.1) is 6.34 Å². The largest absolute Gasteiger partial charge is 0.476 e. The molecule has 2 unspecified atom stereocenters. The van der Waals surface area contributed by atoms with Crippen molar-refractivity contribution < 1.29 is 4.74 Å². The summed E-state index contributed by atoms with van der Waals surface area (Å²) in [7, 11) is 0. The first-order valence-corrected chi connectivity index (χ1v) is 6.47. The molecular formula is C11H17ClN4O2. The van der Waals surface area contributed by atoms with Gasteiger partial charge in [0, 0.05) is 13.1 Å². The normalized spacial score (nSPS) is 26.0. The van der Waals surface area contributed by atoms with Gasteiger partial charge in [-0.25, -0.2) is 0 Å². The molecule has 1 saturated heterocycles. The topological polar surface area (TPSA) is 66.3 Å². The van der Waals surface area contributed by atoms with Gasteiger partial charge in [-0.3, -0.25) is 9.89 Å². The molecular weight excluding hydrogens is 256 g/mol. The number of rotatable bonds is 5. The number of nitrogens with one attached hydrogen (secondary N) is 1. The summed E-state index contributed by atoms with van der Waals surface area (Å²) in [5, 5.41) is 6.29. The first kappa shape index (κ1) is 13.3. The molecule has 6 nitrogen and oxygen atoms in total. The Morgan fingerprint density at radius 1 is 1.67 bits per heavy atom. The average molecular weight is 273 g/mol. The van der Waals surface area contributed by atoms with Crippen molar-refractivity contribution in [3.63, 3.8) is 0 Å². The van der Waals surface area contributed by atoms with Crippen LogP contribution in [-0.2, 0) is 4.74 Å². The molecule has 100 valence electrons. The zero-order chi connectivity index (χ0) is 13.0. The van der Waals surface area contributed by atoms with Crippen molar-refractivity contribution in [1.82, 2.24) is 10.2 Å². The van der Waals surface area contributed by atoms with Crippen molar-refractivity contribution in [2.45, 2.75) is 32.0 Å². The van der Waals surface area contributed by atoms with Crippen LogP contribution >= 0.6 is 11.6 Å². The van der Waals surface area contributed by atoms with Gasteiger partial charge in [-0.15, -0.1) is 0 Å². The Hall–Kier alpha value is -1.14. The highest BCUT2D eigenvalue weighted by Crippen LogP contribution is 2.25. The molecule has 0 saturated carbocycles. The zero-order valence-electron chi connectivity index (χ0n) is 10.3. The van der Waals surface area contributed by atoms with Crippen molar-refractivity contribution in [1.29, 1.82) is 0 Å². The van der Waals surface area contributed by atoms with Gasteiger partial charge in [0.15, 0.2) is 0 Å². The van der Waals surface area contributed by atoms with E-state index in [0.717, 1.165) is 13.1 Å². The van der Waals surface area contributed by atoms with Crippen molar-refractivity contribution in [3.05, 3.63) is 15.8 Å². The van der Waals surface area contributed by atoms with Gasteiger partial charge >= 0.3 is 0 Å². The molecule has 7 heteroatoms. The quantitative estimate of drug-likeness (QED) is 0.773. The minimum atomic E-state index is -0.395. The summed E-state index contributed by atoms with van der Waals surface area (Å²) in [5.74, 6) is 0.471. The third-order valence-corrected chi connectivity index (χ3v) is 3.36. The Morgan fingerprint density at radius 3 is 3.06 bits per heavy atom. The average Bonchev–Trinajstić information content (AvgIpc) is 2.91. The smallest absolute Gasteiger partial charge is 0.210 e. The molecule has 1 N–H and O–H groups in total. The van der Waals surface area contributed by atoms with Crippen LogP contribution in [0.2, 0.25) is 0 Å². The highest BCUT2D eigenvalue weighted by molar-refractivity contribution is 6.30. The fourth-order valence-electron chi connectivity index (χ4n) is 2.00. The summed E-state index contributed by atoms with van der Waals surface area (Å²) in [6.07, 6.45) is 3.77. The molecule has 0 aromatic carbocycles. The summed E-state index contributed by atoms with van der Waals surface area (Å²) >= 11 is 6.28. The molecule has 2 rings (SSSR count). The van der Waals surface area contributed by atoms with Crippen LogP contribution in [0, 0.1) is 4.91 Å². The van der Waals surface area contributed by atoms with Gasteiger partial charge in [0.25, 0.3) is 0 Å². The van der Waals surface area contributed by atoms with Gasteiger partial charge in [-0.1, -0.05) is 16.8 Å². The molecule has 0 radical (unpaired) electrons. The number of aliphatic imine (C=N–C) groups is 1. The number of likely N-dealkylation sites (tertiary alicyclic amines) is 1. The summed E-state index contributed by atoms with van der Waals surface area (Å²) < 4.78 is 5.46. The molecule has 0 bridgehead atoms. The van der Waals surface area contributed by atoms with Crippen LogP contribution in [0.4, 0.5) is 0 Å². The van der Waals surface area contributed by atoms with E-state index in [4.69, 9.17) is 16.3 Å². The van der Waals surface area contributed by atoms with Crippen molar-refractivity contribution >= 4 is 17.9 Å². The van der Waals surface area contributed by atoms with E-state index < -0.39 is 6.04 Å². The number of nitroso groups, excluding NO2 is 1. The lowest BCUT2D eigenvalue weighted by atomic mass is 10.3. The van der Waals surface area contributed by atoms with E-state index in [2.05, 4.69) is 20.4 Å². The fraction of sp³-hybridized carbons (Fsp3) is 0.727. The SMILES string of the molecule is CC(COC1=C(Cl)C(N2CCCC2)N=CN1)N=O. The van der Waals surface area contributed by atoms with E-state index in [0.29, 0.717) is 10.9 Å². The maximum Gasteiger partial charge on any atom is 0.210 e. The second kappa shape index (κ2) is 6.15. The Morgan fingerprint density at radius 2 is 2.39 bits per heavy atom. The minimum absolute atomic E-state index is 0.162. The fourth-order valence-corrected chi connectivity index (χ4v) is 2.31. The Bertz CT molecular complexity index is 366. The molecule has 2 aliphatic rings. The lowest BCUT2D eigenvalue weighted by Crippen LogP contribution is -2.37. The maximum atomic E-state index is 10.3. The minimum Gasteiger partial charge on any atom is -0.476 e. The van der Waals surface area contributed by atoms with E-state index in [1.807, 2.05) is 0 Å². The number of hydrogen-bond donors (Lipinski definition) is 1. The van der Waals surface area contributed by atoms with E-state index >= 15 is 0 Å². The monoisotopic (exact) mass is 272 g/mol. The van der Waals surface area contributed by atoms with Crippen molar-refractivity contribution in [2.24, 2.45) is 10.2 Å². The summed E-state index contributed by atoms with van der Waals surface area (Å²) in [6.45, 7) is 3.90. The van der Waals surface area contributed by atoms with Gasteiger partial charge < -0.3 is 10.1 Å². The highest BCUT2D eigenvalue weighted by atomic mass is 35.5. The standard InChI is InChI=1S/C11H17ClN4O2/c1-8(15-17)6-18-11-9(12)10(13-7-14-11)16-4-2-3-5-16/h7-8,10H,2-6H2,1H3,(H,13,14). The Balaban J connectivity index is 1.99. The summed E-state index contributed by atoms with van der Waals surface area (Å²) in [5.41, 5.74) is 0. The highest BCUT2D eigenvalue weighted by Gasteiger charge is 2.28. The lowest BCUT2D eigenvalue weighted by molar-refractivity contribution is 0.176. The van der Waals surface area contributed by atoms with E-state index in [1.54, 1.807) is 13.3 Å². The predicted molar refractivity (Wildman–Crippen MR) is 70.3 cm³/mol. The third-order valence-electron chi connectivity index (χ3n) is 2.99. The van der Waals surface area contributed by atoms with Crippen molar-refractivity contribution in [2.75, 3.05) is 19.7 Å². The molecule has 2 aliphatic heterocycles. The Kier molecular flexibility index (Phi) is 4.54. The molecule has 0 aliphatic carbocycles. The van der Waals surface area contributed by atoms with Crippen LogP contribution in [0.15, 0.2) is 21.1 Å². The van der Waals surface area contributed by atoms with Crippen LogP contribution in [-0.4, -0.2) is 43.1 Å². The van der Waals surface area contributed by atoms with Gasteiger partial charge in [-0.2, -0.15) is 4.91 Å². The first-order valence-electron chi connectivity index (χ1n) is 6.09. The molecule has 1 fully saturated rings. The summed E-state index contributed by atoms with van der Waals surface area (Å²) in [6, 6.07) is -0.395. The van der Waals surface area contributed by atoms with E-state index in [1.165, 1.54) is 12.8 Å². The van der Waals surface area contributed by atoms with Crippen LogP contribution in [0.5, 0.6) is 0 Å². The molecule has 18 heavy (non-hydrogen) atoms. The second-order valence-electron chi connectivity index (χ2n) is 4.48. The van der Waals surface area contributed by atoms with Gasteiger partial charge in [-0.05, 0) is 19.8 Å². The van der Waals surface area contributed by atoms with Gasteiger partial charge in [0.2, 0.25) is 5.88 Å². The van der Waals surface area contributed by atoms with Crippen LogP contribution < -0.4 is 5.32 Å². The van der Waals surface area contributed by atoms with Crippen molar-refractivity contribution in [3.8, 4) is 0 Å². The molecule has 2 heterocycles. The van der Waals surface area contributed by atoms with Crippen LogP contribution in [0.25, 0.3) is 0 Å². The van der Waals surface area contributed by atoms with E-state index in [-0.39, 0.29) is 12.8 Å². The number of hydrogen-bond acceptors (Lipinski definition) is 6. The maximum absolute atomic E-state index is 10.3. The third kappa shape index (κ3) is 3.00. The zero-order valence-corrected chi connectivity index (χ0v) is 11.1. The summed E-state index contributed by atoms with van der Waals surface area (Å²) in [4.78, 5) is 16.8. The molecule has 0 spiro atoms. The Labute approximate surface area is 111 Å². The van der Waals surface area contributed by atoms with E-state index in [9.17, 15) is 4.91 Å². The predicted octanol–water partition coefficient (Wildman–Crippen LogP) is 1.62. The molecule has 2 atom stereocenters. The number of halogens is 1. The molecule has 0 amide bonds. The first-order chi connectivity index (χ1) is 8.72. The molecule has 0 aromatic heterocycles. The van der Waals surface area contributed by atoms with Gasteiger partial charge in [0.1, 0.15) is 23.8 Å². The second-order valence-corrected chi connectivity index (χ2v) is 4.89. The lowest BCUT2D eigenvalue weighted by Gasteiger charge is -2.27.